The molecule has 1 aliphatic rings. The third-order valence-corrected chi connectivity index (χ3v) is 3.36. The van der Waals surface area contributed by atoms with Crippen LogP contribution >= 0.6 is 0 Å². The van der Waals surface area contributed by atoms with Crippen LogP contribution in [0.3, 0.4) is 0 Å². The Labute approximate surface area is 118 Å². The first kappa shape index (κ1) is 14.4. The number of carbonyl (C=O) groups is 2. The van der Waals surface area contributed by atoms with Gasteiger partial charge in [0.2, 0.25) is 0 Å². The fourth-order valence-corrected chi connectivity index (χ4v) is 2.39. The lowest BCUT2D eigenvalue weighted by molar-refractivity contribution is 0.0527. The lowest BCUT2D eigenvalue weighted by atomic mass is 10.2. The van der Waals surface area contributed by atoms with Crippen LogP contribution in [0.4, 0.5) is 10.5 Å². The number of nitrogens with one attached hydrogen (secondary N) is 2. The summed E-state index contributed by atoms with van der Waals surface area (Å²) in [6.45, 7) is 2.06. The van der Waals surface area contributed by atoms with Gasteiger partial charge in [0.1, 0.15) is 0 Å². The average molecular weight is 276 g/mol. The summed E-state index contributed by atoms with van der Waals surface area (Å²) in [5, 5.41) is 5.65. The second-order valence-corrected chi connectivity index (χ2v) is 4.85. The van der Waals surface area contributed by atoms with Gasteiger partial charge in [-0.1, -0.05) is 25.0 Å². The van der Waals surface area contributed by atoms with Crippen molar-refractivity contribution in [3.8, 4) is 0 Å². The third-order valence-electron chi connectivity index (χ3n) is 3.36. The van der Waals surface area contributed by atoms with Gasteiger partial charge in [-0.15, -0.1) is 0 Å². The van der Waals surface area contributed by atoms with E-state index in [0.29, 0.717) is 17.9 Å². The highest BCUT2D eigenvalue weighted by Crippen LogP contribution is 2.19. The van der Waals surface area contributed by atoms with E-state index in [4.69, 9.17) is 4.74 Å². The summed E-state index contributed by atoms with van der Waals surface area (Å²) < 4.78 is 4.97. The predicted molar refractivity (Wildman–Crippen MR) is 76.8 cm³/mol. The van der Waals surface area contributed by atoms with E-state index in [2.05, 4.69) is 10.6 Å². The van der Waals surface area contributed by atoms with Gasteiger partial charge in [0, 0.05) is 6.04 Å². The second-order valence-electron chi connectivity index (χ2n) is 4.85. The fraction of sp³-hybridized carbons (Fsp3) is 0.467. The molecule has 0 spiro atoms. The molecule has 0 aromatic heterocycles. The van der Waals surface area contributed by atoms with E-state index in [1.165, 1.54) is 0 Å². The summed E-state index contributed by atoms with van der Waals surface area (Å²) >= 11 is 0. The molecule has 20 heavy (non-hydrogen) atoms. The van der Waals surface area contributed by atoms with Crippen molar-refractivity contribution in [1.82, 2.24) is 5.32 Å². The zero-order valence-corrected chi connectivity index (χ0v) is 11.6. The maximum atomic E-state index is 11.9. The molecule has 0 atom stereocenters. The molecule has 1 aliphatic carbocycles. The third kappa shape index (κ3) is 3.73. The monoisotopic (exact) mass is 276 g/mol. The largest absolute Gasteiger partial charge is 0.462 e. The average Bonchev–Trinajstić information content (AvgIpc) is 2.92. The number of amides is 2. The van der Waals surface area contributed by atoms with Crippen molar-refractivity contribution in [2.45, 2.75) is 38.6 Å². The molecule has 0 saturated heterocycles. The quantitative estimate of drug-likeness (QED) is 0.831. The summed E-state index contributed by atoms with van der Waals surface area (Å²) in [7, 11) is 0. The minimum absolute atomic E-state index is 0.241. The summed E-state index contributed by atoms with van der Waals surface area (Å²) in [6.07, 6.45) is 4.36. The van der Waals surface area contributed by atoms with Crippen molar-refractivity contribution in [3.63, 3.8) is 0 Å². The van der Waals surface area contributed by atoms with Crippen LogP contribution in [0.2, 0.25) is 0 Å². The van der Waals surface area contributed by atoms with Gasteiger partial charge in [-0.2, -0.15) is 0 Å². The summed E-state index contributed by atoms with van der Waals surface area (Å²) in [5.41, 5.74) is 0.845. The number of hydrogen-bond donors (Lipinski definition) is 2. The molecular formula is C15H20N2O3. The maximum Gasteiger partial charge on any atom is 0.340 e. The van der Waals surface area contributed by atoms with Crippen LogP contribution in [0, 0.1) is 0 Å². The SMILES string of the molecule is CCOC(=O)c1ccccc1NC(=O)NC1CCCC1. The first-order valence-corrected chi connectivity index (χ1v) is 7.04. The molecule has 0 heterocycles. The van der Waals surface area contributed by atoms with Gasteiger partial charge in [0.05, 0.1) is 17.9 Å². The Balaban J connectivity index is 2.00. The van der Waals surface area contributed by atoms with Crippen LogP contribution in [0.15, 0.2) is 24.3 Å². The smallest absolute Gasteiger partial charge is 0.340 e. The van der Waals surface area contributed by atoms with E-state index in [9.17, 15) is 9.59 Å². The van der Waals surface area contributed by atoms with Gasteiger partial charge in [-0.3, -0.25) is 0 Å². The second kappa shape index (κ2) is 6.93. The van der Waals surface area contributed by atoms with Gasteiger partial charge in [0.15, 0.2) is 0 Å². The zero-order valence-electron chi connectivity index (χ0n) is 11.6. The summed E-state index contributed by atoms with van der Waals surface area (Å²) in [5.74, 6) is -0.427. The first-order valence-electron chi connectivity index (χ1n) is 7.04. The van der Waals surface area contributed by atoms with E-state index in [-0.39, 0.29) is 12.1 Å². The number of rotatable bonds is 4. The molecule has 5 heteroatoms. The number of carbonyl (C=O) groups excluding carboxylic acids is 2. The highest BCUT2D eigenvalue weighted by Gasteiger charge is 2.18. The topological polar surface area (TPSA) is 67.4 Å². The van der Waals surface area contributed by atoms with Gasteiger partial charge in [0.25, 0.3) is 0 Å². The molecule has 1 aromatic carbocycles. The van der Waals surface area contributed by atoms with E-state index in [1.807, 2.05) is 0 Å². The molecule has 2 N–H and O–H groups in total. The molecule has 0 unspecified atom stereocenters. The van der Waals surface area contributed by atoms with Crippen LogP contribution in [0.1, 0.15) is 43.0 Å². The Morgan fingerprint density at radius 3 is 2.65 bits per heavy atom. The number of esters is 1. The van der Waals surface area contributed by atoms with Crippen molar-refractivity contribution in [1.29, 1.82) is 0 Å². The molecule has 1 fully saturated rings. The van der Waals surface area contributed by atoms with Gasteiger partial charge in [-0.25, -0.2) is 9.59 Å². The molecule has 1 aromatic rings. The van der Waals surface area contributed by atoms with Gasteiger partial charge < -0.3 is 15.4 Å². The Bertz CT molecular complexity index is 482. The number of urea groups is 1. The van der Waals surface area contributed by atoms with E-state index >= 15 is 0 Å². The normalized spacial score (nSPS) is 14.8. The first-order chi connectivity index (χ1) is 9.70. The molecule has 1 saturated carbocycles. The van der Waals surface area contributed by atoms with Crippen LogP contribution in [0.5, 0.6) is 0 Å². The van der Waals surface area contributed by atoms with E-state index in [0.717, 1.165) is 25.7 Å². The Hall–Kier alpha value is -2.04. The molecule has 0 radical (unpaired) electrons. The molecule has 2 amide bonds. The predicted octanol–water partition coefficient (Wildman–Crippen LogP) is 2.93. The minimum atomic E-state index is -0.427. The van der Waals surface area contributed by atoms with Crippen LogP contribution in [-0.2, 0) is 4.74 Å². The Morgan fingerprint density at radius 1 is 1.25 bits per heavy atom. The molecule has 2 rings (SSSR count). The standard InChI is InChI=1S/C15H20N2O3/c1-2-20-14(18)12-9-5-6-10-13(12)17-15(19)16-11-7-3-4-8-11/h5-6,9-11H,2-4,7-8H2,1H3,(H2,16,17,19). The summed E-state index contributed by atoms with van der Waals surface area (Å²) in [4.78, 5) is 23.7. The van der Waals surface area contributed by atoms with Gasteiger partial charge in [-0.05, 0) is 31.9 Å². The Morgan fingerprint density at radius 2 is 1.95 bits per heavy atom. The molecule has 0 aliphatic heterocycles. The number of benzene rings is 1. The van der Waals surface area contributed by atoms with Crippen LogP contribution in [-0.4, -0.2) is 24.6 Å². The fourth-order valence-electron chi connectivity index (χ4n) is 2.39. The van der Waals surface area contributed by atoms with E-state index in [1.54, 1.807) is 31.2 Å². The Kier molecular flexibility index (Phi) is 4.98. The van der Waals surface area contributed by atoms with Crippen molar-refractivity contribution in [3.05, 3.63) is 29.8 Å². The van der Waals surface area contributed by atoms with Crippen molar-refractivity contribution in [2.24, 2.45) is 0 Å². The number of anilines is 1. The highest BCUT2D eigenvalue weighted by molar-refractivity contribution is 6.00. The molecule has 108 valence electrons. The van der Waals surface area contributed by atoms with E-state index < -0.39 is 5.97 Å². The number of hydrogen-bond acceptors (Lipinski definition) is 3. The number of ether oxygens (including phenoxy) is 1. The summed E-state index contributed by atoms with van der Waals surface area (Å²) in [6, 6.07) is 6.82. The minimum Gasteiger partial charge on any atom is -0.462 e. The number of para-hydroxylation sites is 1. The van der Waals surface area contributed by atoms with Gasteiger partial charge >= 0.3 is 12.0 Å². The van der Waals surface area contributed by atoms with Crippen molar-refractivity contribution in [2.75, 3.05) is 11.9 Å². The van der Waals surface area contributed by atoms with Crippen molar-refractivity contribution < 1.29 is 14.3 Å². The lowest BCUT2D eigenvalue weighted by Gasteiger charge is -2.14. The molecule has 0 bridgehead atoms. The molecular weight excluding hydrogens is 256 g/mol. The maximum absolute atomic E-state index is 11.9. The molecule has 5 nitrogen and oxygen atoms in total. The van der Waals surface area contributed by atoms with Crippen molar-refractivity contribution >= 4 is 17.7 Å². The van der Waals surface area contributed by atoms with Crippen LogP contribution in [0.25, 0.3) is 0 Å². The van der Waals surface area contributed by atoms with Crippen LogP contribution < -0.4 is 10.6 Å². The zero-order chi connectivity index (χ0) is 14.4. The lowest BCUT2D eigenvalue weighted by Crippen LogP contribution is -2.36. The highest BCUT2D eigenvalue weighted by atomic mass is 16.5.